The summed E-state index contributed by atoms with van der Waals surface area (Å²) in [7, 11) is 1.49. The molecular weight excluding hydrogens is 350 g/mol. The Hall–Kier alpha value is -3.42. The molecule has 1 unspecified atom stereocenters. The number of aromatic nitrogens is 2. The Morgan fingerprint density at radius 2 is 2.00 bits per heavy atom. The van der Waals surface area contributed by atoms with Gasteiger partial charge in [-0.05, 0) is 12.1 Å². The van der Waals surface area contributed by atoms with Gasteiger partial charge in [0, 0.05) is 31.4 Å². The standard InChI is InChI=1S/C19H17N3O5/c1-25-17-18(21-8-7-20-17)26-12-6-9-22(11-12)19(24)16-10-14(23)13-4-2-3-5-15(13)27-16/h2-5,7-8,10,12H,6,9,11H2,1H3. The summed E-state index contributed by atoms with van der Waals surface area (Å²) in [5.41, 5.74) is 0.154. The van der Waals surface area contributed by atoms with Gasteiger partial charge in [-0.3, -0.25) is 9.59 Å². The van der Waals surface area contributed by atoms with Crippen molar-refractivity contribution in [3.8, 4) is 11.8 Å². The molecule has 0 N–H and O–H groups in total. The first kappa shape index (κ1) is 17.0. The maximum atomic E-state index is 12.7. The maximum absolute atomic E-state index is 12.7. The number of benzene rings is 1. The Labute approximate surface area is 154 Å². The first-order valence-electron chi connectivity index (χ1n) is 8.49. The molecule has 1 saturated heterocycles. The second-order valence-corrected chi connectivity index (χ2v) is 6.12. The Morgan fingerprint density at radius 3 is 2.81 bits per heavy atom. The molecular formula is C19H17N3O5. The number of carbonyl (C=O) groups excluding carboxylic acids is 1. The third kappa shape index (κ3) is 3.33. The summed E-state index contributed by atoms with van der Waals surface area (Å²) in [5.74, 6) is 0.269. The SMILES string of the molecule is COc1nccnc1OC1CCN(C(=O)c2cc(=O)c3ccccc3o2)C1. The molecule has 1 aliphatic rings. The van der Waals surface area contributed by atoms with E-state index >= 15 is 0 Å². The number of amides is 1. The first-order chi connectivity index (χ1) is 13.2. The molecule has 0 saturated carbocycles. The van der Waals surface area contributed by atoms with Crippen LogP contribution in [0.2, 0.25) is 0 Å². The van der Waals surface area contributed by atoms with Crippen LogP contribution >= 0.6 is 0 Å². The molecule has 8 heteroatoms. The van der Waals surface area contributed by atoms with E-state index in [0.29, 0.717) is 36.4 Å². The number of hydrogen-bond donors (Lipinski definition) is 0. The molecule has 27 heavy (non-hydrogen) atoms. The normalized spacial score (nSPS) is 16.5. The van der Waals surface area contributed by atoms with Crippen LogP contribution in [0, 0.1) is 0 Å². The van der Waals surface area contributed by atoms with Crippen LogP contribution in [0.5, 0.6) is 11.8 Å². The quantitative estimate of drug-likeness (QED) is 0.695. The van der Waals surface area contributed by atoms with Crippen LogP contribution in [0.1, 0.15) is 17.0 Å². The lowest BCUT2D eigenvalue weighted by atomic mass is 10.2. The smallest absolute Gasteiger partial charge is 0.289 e. The molecule has 1 aliphatic heterocycles. The molecule has 4 rings (SSSR count). The number of para-hydroxylation sites is 1. The van der Waals surface area contributed by atoms with Crippen LogP contribution in [0.4, 0.5) is 0 Å². The molecule has 0 spiro atoms. The van der Waals surface area contributed by atoms with Crippen molar-refractivity contribution in [2.45, 2.75) is 12.5 Å². The number of hydrogen-bond acceptors (Lipinski definition) is 7. The van der Waals surface area contributed by atoms with Crippen molar-refractivity contribution in [2.24, 2.45) is 0 Å². The van der Waals surface area contributed by atoms with Gasteiger partial charge in [-0.2, -0.15) is 0 Å². The topological polar surface area (TPSA) is 94.8 Å². The van der Waals surface area contributed by atoms with Crippen molar-refractivity contribution in [1.82, 2.24) is 14.9 Å². The van der Waals surface area contributed by atoms with Gasteiger partial charge in [0.2, 0.25) is 0 Å². The van der Waals surface area contributed by atoms with E-state index in [0.717, 1.165) is 0 Å². The molecule has 0 bridgehead atoms. The number of fused-ring (bicyclic) bond motifs is 1. The molecule has 0 aliphatic carbocycles. The minimum Gasteiger partial charge on any atom is -0.477 e. The van der Waals surface area contributed by atoms with Crippen LogP contribution in [0.25, 0.3) is 11.0 Å². The van der Waals surface area contributed by atoms with E-state index in [1.54, 1.807) is 29.2 Å². The maximum Gasteiger partial charge on any atom is 0.289 e. The Balaban J connectivity index is 1.50. The van der Waals surface area contributed by atoms with Crippen molar-refractivity contribution in [3.63, 3.8) is 0 Å². The minimum atomic E-state index is -0.338. The van der Waals surface area contributed by atoms with Crippen molar-refractivity contribution >= 4 is 16.9 Å². The third-order valence-electron chi connectivity index (χ3n) is 4.38. The second kappa shape index (κ2) is 7.06. The second-order valence-electron chi connectivity index (χ2n) is 6.12. The van der Waals surface area contributed by atoms with Gasteiger partial charge in [0.1, 0.15) is 11.7 Å². The van der Waals surface area contributed by atoms with E-state index in [4.69, 9.17) is 13.9 Å². The number of rotatable bonds is 4. The summed E-state index contributed by atoms with van der Waals surface area (Å²) < 4.78 is 16.6. The van der Waals surface area contributed by atoms with Gasteiger partial charge in [0.15, 0.2) is 11.2 Å². The van der Waals surface area contributed by atoms with E-state index in [1.165, 1.54) is 25.6 Å². The average Bonchev–Trinajstić information content (AvgIpc) is 3.16. The van der Waals surface area contributed by atoms with Crippen molar-refractivity contribution in [2.75, 3.05) is 20.2 Å². The van der Waals surface area contributed by atoms with E-state index in [1.807, 2.05) is 0 Å². The zero-order valence-electron chi connectivity index (χ0n) is 14.6. The predicted octanol–water partition coefficient (Wildman–Crippen LogP) is 1.89. The van der Waals surface area contributed by atoms with Gasteiger partial charge >= 0.3 is 0 Å². The molecule has 3 aromatic rings. The minimum absolute atomic E-state index is 0.0245. The van der Waals surface area contributed by atoms with Crippen LogP contribution < -0.4 is 14.9 Å². The van der Waals surface area contributed by atoms with E-state index < -0.39 is 0 Å². The van der Waals surface area contributed by atoms with Gasteiger partial charge in [-0.15, -0.1) is 0 Å². The van der Waals surface area contributed by atoms with E-state index in [2.05, 4.69) is 9.97 Å². The highest BCUT2D eigenvalue weighted by Crippen LogP contribution is 2.24. The largest absolute Gasteiger partial charge is 0.477 e. The Kier molecular flexibility index (Phi) is 4.45. The van der Waals surface area contributed by atoms with E-state index in [9.17, 15) is 9.59 Å². The number of nitrogens with zero attached hydrogens (tertiary/aromatic N) is 3. The molecule has 1 aromatic carbocycles. The third-order valence-corrected chi connectivity index (χ3v) is 4.38. The Morgan fingerprint density at radius 1 is 1.22 bits per heavy atom. The summed E-state index contributed by atoms with van der Waals surface area (Å²) in [6, 6.07) is 8.09. The van der Waals surface area contributed by atoms with Crippen molar-refractivity contribution in [3.05, 3.63) is 58.7 Å². The molecule has 0 radical (unpaired) electrons. The summed E-state index contributed by atoms with van der Waals surface area (Å²) in [6.07, 6.45) is 3.41. The highest BCUT2D eigenvalue weighted by molar-refractivity contribution is 5.93. The fraction of sp³-hybridized carbons (Fsp3) is 0.263. The monoisotopic (exact) mass is 367 g/mol. The fourth-order valence-corrected chi connectivity index (χ4v) is 3.07. The molecule has 138 valence electrons. The highest BCUT2D eigenvalue weighted by atomic mass is 16.5. The number of methoxy groups -OCH3 is 1. The van der Waals surface area contributed by atoms with Crippen LogP contribution in [0.15, 0.2) is 51.9 Å². The number of carbonyl (C=O) groups is 1. The van der Waals surface area contributed by atoms with Gasteiger partial charge in [-0.25, -0.2) is 9.97 Å². The summed E-state index contributed by atoms with van der Waals surface area (Å²) in [4.78, 5) is 34.7. The lowest BCUT2D eigenvalue weighted by Gasteiger charge is -2.17. The van der Waals surface area contributed by atoms with Gasteiger partial charge in [0.25, 0.3) is 17.7 Å². The van der Waals surface area contributed by atoms with Crippen molar-refractivity contribution in [1.29, 1.82) is 0 Å². The summed E-state index contributed by atoms with van der Waals surface area (Å²) in [5, 5.41) is 0.450. The van der Waals surface area contributed by atoms with Crippen LogP contribution in [-0.2, 0) is 0 Å². The van der Waals surface area contributed by atoms with Crippen LogP contribution in [0.3, 0.4) is 0 Å². The molecule has 2 aromatic heterocycles. The molecule has 8 nitrogen and oxygen atoms in total. The zero-order chi connectivity index (χ0) is 18.8. The highest BCUT2D eigenvalue weighted by Gasteiger charge is 2.30. The summed E-state index contributed by atoms with van der Waals surface area (Å²) >= 11 is 0. The molecule has 3 heterocycles. The van der Waals surface area contributed by atoms with Crippen molar-refractivity contribution < 1.29 is 18.7 Å². The van der Waals surface area contributed by atoms with Crippen LogP contribution in [-0.4, -0.2) is 47.1 Å². The van der Waals surface area contributed by atoms with Gasteiger partial charge in [0.05, 0.1) is 19.0 Å². The van der Waals surface area contributed by atoms with E-state index in [-0.39, 0.29) is 29.1 Å². The van der Waals surface area contributed by atoms with Gasteiger partial charge < -0.3 is 18.8 Å². The Bertz CT molecular complexity index is 1050. The predicted molar refractivity (Wildman–Crippen MR) is 96.0 cm³/mol. The fourth-order valence-electron chi connectivity index (χ4n) is 3.07. The molecule has 1 fully saturated rings. The number of ether oxygens (including phenoxy) is 2. The summed E-state index contributed by atoms with van der Waals surface area (Å²) in [6.45, 7) is 0.845. The lowest BCUT2D eigenvalue weighted by molar-refractivity contribution is 0.0739. The van der Waals surface area contributed by atoms with Gasteiger partial charge in [-0.1, -0.05) is 12.1 Å². The molecule has 1 atom stereocenters. The first-order valence-corrected chi connectivity index (χ1v) is 8.49. The molecule has 1 amide bonds. The number of likely N-dealkylation sites (tertiary alicyclic amines) is 1. The lowest BCUT2D eigenvalue weighted by Crippen LogP contribution is -2.31. The average molecular weight is 367 g/mol. The zero-order valence-corrected chi connectivity index (χ0v) is 14.6.